The topological polar surface area (TPSA) is 110 Å². The molecule has 1 saturated heterocycles. The summed E-state index contributed by atoms with van der Waals surface area (Å²) in [5.74, 6) is -1.96. The fourth-order valence-corrected chi connectivity index (χ4v) is 2.77. The van der Waals surface area contributed by atoms with Crippen LogP contribution in [0.3, 0.4) is 0 Å². The number of nitrogens with one attached hydrogen (secondary N) is 1. The summed E-state index contributed by atoms with van der Waals surface area (Å²) in [6.07, 6.45) is 3.78. The number of primary amides is 1. The van der Waals surface area contributed by atoms with Crippen molar-refractivity contribution in [3.05, 3.63) is 0 Å². The predicted octanol–water partition coefficient (Wildman–Crippen LogP) is -0.663. The van der Waals surface area contributed by atoms with Crippen LogP contribution in [-0.2, 0) is 19.2 Å². The Morgan fingerprint density at radius 2 is 1.90 bits per heavy atom. The summed E-state index contributed by atoms with van der Waals surface area (Å²) in [5, 5.41) is 2.61. The Balaban J connectivity index is 2.01. The lowest BCUT2D eigenvalue weighted by molar-refractivity contribution is -0.140. The Kier molecular flexibility index (Phi) is 4.59. The highest BCUT2D eigenvalue weighted by molar-refractivity contribution is 6.37. The van der Waals surface area contributed by atoms with Crippen molar-refractivity contribution >= 4 is 23.5 Å². The van der Waals surface area contributed by atoms with Crippen molar-refractivity contribution < 1.29 is 19.2 Å². The maximum atomic E-state index is 12.3. The summed E-state index contributed by atoms with van der Waals surface area (Å²) < 4.78 is 0. The maximum absolute atomic E-state index is 12.3. The van der Waals surface area contributed by atoms with Gasteiger partial charge in [-0.2, -0.15) is 0 Å². The summed E-state index contributed by atoms with van der Waals surface area (Å²) in [7, 11) is 0. The fraction of sp³-hybridized carbons (Fsp3) is 0.714. The van der Waals surface area contributed by atoms with Gasteiger partial charge in [-0.05, 0) is 25.2 Å². The Labute approximate surface area is 123 Å². The average Bonchev–Trinajstić information content (AvgIpc) is 3.08. The molecular weight excluding hydrogens is 274 g/mol. The zero-order valence-electron chi connectivity index (χ0n) is 12.1. The van der Waals surface area contributed by atoms with Gasteiger partial charge in [-0.25, -0.2) is 0 Å². The van der Waals surface area contributed by atoms with E-state index in [9.17, 15) is 19.2 Å². The van der Waals surface area contributed by atoms with Gasteiger partial charge in [0.2, 0.25) is 17.6 Å². The number of Topliss-reactive ketones (excluding diaryl/α,β-unsaturated/α-hetero) is 1. The van der Waals surface area contributed by atoms with E-state index in [0.29, 0.717) is 25.3 Å². The first kappa shape index (κ1) is 15.5. The molecule has 2 rings (SSSR count). The Bertz CT molecular complexity index is 473. The van der Waals surface area contributed by atoms with Crippen LogP contribution >= 0.6 is 0 Å². The van der Waals surface area contributed by atoms with Crippen molar-refractivity contribution in [2.45, 2.75) is 51.1 Å². The minimum Gasteiger partial charge on any atom is -0.363 e. The zero-order chi connectivity index (χ0) is 15.6. The van der Waals surface area contributed by atoms with Crippen LogP contribution in [0.25, 0.3) is 0 Å². The van der Waals surface area contributed by atoms with Gasteiger partial charge in [-0.3, -0.25) is 19.2 Å². The molecule has 0 spiro atoms. The molecule has 2 unspecified atom stereocenters. The lowest BCUT2D eigenvalue weighted by atomic mass is 10.0. The van der Waals surface area contributed by atoms with Gasteiger partial charge in [-0.1, -0.05) is 12.8 Å². The van der Waals surface area contributed by atoms with Crippen LogP contribution in [0, 0.1) is 5.92 Å². The van der Waals surface area contributed by atoms with Crippen molar-refractivity contribution in [1.29, 1.82) is 0 Å². The zero-order valence-corrected chi connectivity index (χ0v) is 12.1. The van der Waals surface area contributed by atoms with Gasteiger partial charge in [0, 0.05) is 13.5 Å². The van der Waals surface area contributed by atoms with E-state index in [1.165, 1.54) is 11.8 Å². The monoisotopic (exact) mass is 295 g/mol. The minimum absolute atomic E-state index is 0.160. The third-order valence-electron chi connectivity index (χ3n) is 4.10. The van der Waals surface area contributed by atoms with Crippen LogP contribution in [0.5, 0.6) is 0 Å². The van der Waals surface area contributed by atoms with Gasteiger partial charge in [-0.15, -0.1) is 0 Å². The predicted molar refractivity (Wildman–Crippen MR) is 73.9 cm³/mol. The number of ketones is 1. The summed E-state index contributed by atoms with van der Waals surface area (Å²) in [6.45, 7) is 1.96. The number of hydrogen-bond donors (Lipinski definition) is 2. The highest BCUT2D eigenvalue weighted by atomic mass is 16.2. The second kappa shape index (κ2) is 6.24. The fourth-order valence-electron chi connectivity index (χ4n) is 2.77. The van der Waals surface area contributed by atoms with E-state index in [-0.39, 0.29) is 11.8 Å². The van der Waals surface area contributed by atoms with Gasteiger partial charge in [0.15, 0.2) is 0 Å². The number of amides is 3. The van der Waals surface area contributed by atoms with Crippen LogP contribution in [-0.4, -0.2) is 47.0 Å². The number of nitrogens with zero attached hydrogens (tertiary/aromatic N) is 1. The van der Waals surface area contributed by atoms with Crippen LogP contribution in [0.1, 0.15) is 39.0 Å². The molecule has 1 heterocycles. The third kappa shape index (κ3) is 3.80. The van der Waals surface area contributed by atoms with E-state index in [0.717, 1.165) is 19.3 Å². The number of carbonyl (C=O) groups excluding carboxylic acids is 4. The first-order valence-electron chi connectivity index (χ1n) is 7.31. The minimum atomic E-state index is -1.03. The van der Waals surface area contributed by atoms with Crippen molar-refractivity contribution in [2.24, 2.45) is 11.7 Å². The van der Waals surface area contributed by atoms with Crippen molar-refractivity contribution in [3.8, 4) is 0 Å². The Morgan fingerprint density at radius 3 is 2.43 bits per heavy atom. The molecule has 1 aliphatic carbocycles. The highest BCUT2D eigenvalue weighted by Gasteiger charge is 2.37. The Hall–Kier alpha value is -1.92. The SMILES string of the molecule is CC(=O)N1CCCC1C(=O)NC(CC1CC1)C(=O)C(N)=O. The van der Waals surface area contributed by atoms with Crippen LogP contribution in [0.2, 0.25) is 0 Å². The van der Waals surface area contributed by atoms with E-state index >= 15 is 0 Å². The molecule has 0 bridgehead atoms. The molecule has 116 valence electrons. The van der Waals surface area contributed by atoms with Crippen molar-refractivity contribution in [1.82, 2.24) is 10.2 Å². The highest BCUT2D eigenvalue weighted by Crippen LogP contribution is 2.33. The molecule has 0 radical (unpaired) electrons. The van der Waals surface area contributed by atoms with Crippen molar-refractivity contribution in [3.63, 3.8) is 0 Å². The number of likely N-dealkylation sites (tertiary alicyclic amines) is 1. The number of hydrogen-bond acceptors (Lipinski definition) is 4. The van der Waals surface area contributed by atoms with Crippen LogP contribution < -0.4 is 11.1 Å². The van der Waals surface area contributed by atoms with Gasteiger partial charge in [0.1, 0.15) is 6.04 Å². The summed E-state index contributed by atoms with van der Waals surface area (Å²) in [4.78, 5) is 48.1. The summed E-state index contributed by atoms with van der Waals surface area (Å²) in [6, 6.07) is -1.42. The summed E-state index contributed by atoms with van der Waals surface area (Å²) >= 11 is 0. The second-order valence-corrected chi connectivity index (χ2v) is 5.84. The van der Waals surface area contributed by atoms with Gasteiger partial charge in [0.05, 0.1) is 6.04 Å². The van der Waals surface area contributed by atoms with E-state index in [4.69, 9.17) is 5.73 Å². The van der Waals surface area contributed by atoms with Gasteiger partial charge >= 0.3 is 0 Å². The van der Waals surface area contributed by atoms with E-state index < -0.39 is 23.8 Å². The average molecular weight is 295 g/mol. The normalized spacial score (nSPS) is 22.7. The van der Waals surface area contributed by atoms with E-state index in [1.54, 1.807) is 0 Å². The standard InChI is InChI=1S/C14H21N3O4/c1-8(18)17-6-2-3-11(17)14(21)16-10(7-9-4-5-9)12(19)13(15)20/h9-11H,2-7H2,1H3,(H2,15,20)(H,16,21). The van der Waals surface area contributed by atoms with E-state index in [1.807, 2.05) is 0 Å². The first-order valence-corrected chi connectivity index (χ1v) is 7.31. The molecule has 0 aromatic rings. The molecule has 7 heteroatoms. The molecule has 2 fully saturated rings. The lowest BCUT2D eigenvalue weighted by Gasteiger charge is -2.24. The first-order chi connectivity index (χ1) is 9.90. The molecule has 0 aromatic heterocycles. The largest absolute Gasteiger partial charge is 0.363 e. The third-order valence-corrected chi connectivity index (χ3v) is 4.10. The molecule has 1 saturated carbocycles. The van der Waals surface area contributed by atoms with Crippen LogP contribution in [0.15, 0.2) is 0 Å². The molecule has 21 heavy (non-hydrogen) atoms. The smallest absolute Gasteiger partial charge is 0.287 e. The number of rotatable bonds is 6. The molecule has 1 aliphatic heterocycles. The molecule has 2 atom stereocenters. The molecular formula is C14H21N3O4. The molecule has 3 N–H and O–H groups in total. The van der Waals surface area contributed by atoms with Crippen LogP contribution in [0.4, 0.5) is 0 Å². The number of carbonyl (C=O) groups is 4. The van der Waals surface area contributed by atoms with E-state index in [2.05, 4.69) is 5.32 Å². The maximum Gasteiger partial charge on any atom is 0.287 e. The quantitative estimate of drug-likeness (QED) is 0.634. The lowest BCUT2D eigenvalue weighted by Crippen LogP contribution is -2.52. The second-order valence-electron chi connectivity index (χ2n) is 5.84. The molecule has 3 amide bonds. The molecule has 0 aromatic carbocycles. The van der Waals surface area contributed by atoms with Gasteiger partial charge < -0.3 is 16.0 Å². The summed E-state index contributed by atoms with van der Waals surface area (Å²) in [5.41, 5.74) is 5.03. The van der Waals surface area contributed by atoms with Crippen molar-refractivity contribution in [2.75, 3.05) is 6.54 Å². The number of nitrogens with two attached hydrogens (primary N) is 1. The molecule has 7 nitrogen and oxygen atoms in total. The Morgan fingerprint density at radius 1 is 1.24 bits per heavy atom. The van der Waals surface area contributed by atoms with Gasteiger partial charge in [0.25, 0.3) is 5.91 Å². The molecule has 2 aliphatic rings.